The zero-order valence-electron chi connectivity index (χ0n) is 34.7. The summed E-state index contributed by atoms with van der Waals surface area (Å²) in [7, 11) is 0. The predicted octanol–water partition coefficient (Wildman–Crippen LogP) is 14.7. The van der Waals surface area contributed by atoms with Crippen molar-refractivity contribution >= 4 is 76.0 Å². The van der Waals surface area contributed by atoms with Crippen LogP contribution in [0.3, 0.4) is 0 Å². The molecule has 0 amide bonds. The molecule has 0 fully saturated rings. The molecule has 13 rings (SSSR count). The van der Waals surface area contributed by atoms with Gasteiger partial charge in [0.25, 0.3) is 0 Å². The molecule has 0 saturated heterocycles. The number of hydrogen-bond donors (Lipinski definition) is 0. The van der Waals surface area contributed by atoms with Gasteiger partial charge in [0.1, 0.15) is 0 Å². The van der Waals surface area contributed by atoms with E-state index in [-0.39, 0.29) is 0 Å². The molecule has 0 radical (unpaired) electrons. The second-order valence-corrected chi connectivity index (χ2v) is 17.5. The molecule has 4 heterocycles. The van der Waals surface area contributed by atoms with E-state index in [1.54, 1.807) is 11.3 Å². The molecule has 0 aliphatic heterocycles. The van der Waals surface area contributed by atoms with Gasteiger partial charge in [0, 0.05) is 70.0 Å². The molecule has 2 aliphatic carbocycles. The maximum Gasteiger partial charge on any atom is 0.166 e. The normalized spacial score (nSPS) is 13.4. The topological polar surface area (TPSA) is 48.5 Å². The lowest BCUT2D eigenvalue weighted by Gasteiger charge is -2.18. The summed E-state index contributed by atoms with van der Waals surface area (Å²) in [5.41, 5.74) is 13.4. The van der Waals surface area contributed by atoms with Gasteiger partial charge in [-0.1, -0.05) is 157 Å². The van der Waals surface area contributed by atoms with Gasteiger partial charge in [-0.05, 0) is 66.5 Å². The minimum Gasteiger partial charge on any atom is -0.310 e. The number of nitrogens with zero attached hydrogens (tertiary/aromatic N) is 5. The quantitative estimate of drug-likeness (QED) is 0.157. The Balaban J connectivity index is 1.10. The molecule has 2 aliphatic rings. The van der Waals surface area contributed by atoms with Gasteiger partial charge in [0.05, 0.1) is 28.7 Å². The molecular formula is C58H37N5S. The van der Waals surface area contributed by atoms with Gasteiger partial charge in [-0.15, -0.1) is 11.3 Å². The molecule has 11 aromatic rings. The number of allylic oxidation sites excluding steroid dienone is 5. The maximum absolute atomic E-state index is 5.49. The molecule has 0 bridgehead atoms. The zero-order chi connectivity index (χ0) is 42.1. The Morgan fingerprint density at radius 3 is 2.11 bits per heavy atom. The van der Waals surface area contributed by atoms with Gasteiger partial charge >= 0.3 is 0 Å². The van der Waals surface area contributed by atoms with Gasteiger partial charge in [-0.25, -0.2) is 15.0 Å². The van der Waals surface area contributed by atoms with Crippen LogP contribution in [0.15, 0.2) is 182 Å². The molecule has 6 heteroatoms. The van der Waals surface area contributed by atoms with Crippen molar-refractivity contribution in [1.29, 1.82) is 0 Å². The average Bonchev–Trinajstić information content (AvgIpc) is 3.94. The summed E-state index contributed by atoms with van der Waals surface area (Å²) in [5, 5.41) is 6.04. The Kier molecular flexibility index (Phi) is 8.43. The van der Waals surface area contributed by atoms with Crippen molar-refractivity contribution in [2.75, 3.05) is 0 Å². The van der Waals surface area contributed by atoms with Crippen LogP contribution in [0.2, 0.25) is 0 Å². The van der Waals surface area contributed by atoms with E-state index in [2.05, 4.69) is 203 Å². The van der Waals surface area contributed by atoms with Gasteiger partial charge in [0.15, 0.2) is 17.5 Å². The highest BCUT2D eigenvalue weighted by molar-refractivity contribution is 7.26. The molecule has 7 aromatic carbocycles. The second kappa shape index (κ2) is 14.8. The predicted molar refractivity (Wildman–Crippen MR) is 267 cm³/mol. The first-order valence-corrected chi connectivity index (χ1v) is 22.6. The minimum absolute atomic E-state index is 0.634. The molecule has 64 heavy (non-hydrogen) atoms. The summed E-state index contributed by atoms with van der Waals surface area (Å²) in [4.78, 5) is 16.2. The smallest absolute Gasteiger partial charge is 0.166 e. The van der Waals surface area contributed by atoms with E-state index in [1.165, 1.54) is 58.7 Å². The molecular weight excluding hydrogens is 799 g/mol. The third-order valence-electron chi connectivity index (χ3n) is 12.8. The lowest BCUT2D eigenvalue weighted by molar-refractivity contribution is 0.889. The summed E-state index contributed by atoms with van der Waals surface area (Å²) in [6.07, 6.45) is 13.3. The second-order valence-electron chi connectivity index (χ2n) is 16.4. The Morgan fingerprint density at radius 2 is 1.22 bits per heavy atom. The summed E-state index contributed by atoms with van der Waals surface area (Å²) >= 11 is 1.79. The molecule has 300 valence electrons. The van der Waals surface area contributed by atoms with Crippen molar-refractivity contribution < 1.29 is 0 Å². The fraction of sp³-hybridized carbons (Fsp3) is 0.0517. The van der Waals surface area contributed by atoms with Crippen molar-refractivity contribution in [2.45, 2.75) is 19.3 Å². The Labute approximate surface area is 373 Å². The van der Waals surface area contributed by atoms with Crippen LogP contribution in [-0.4, -0.2) is 24.1 Å². The first kappa shape index (κ1) is 36.5. The molecule has 0 spiro atoms. The van der Waals surface area contributed by atoms with Crippen LogP contribution in [-0.2, 0) is 6.42 Å². The molecule has 5 nitrogen and oxygen atoms in total. The summed E-state index contributed by atoms with van der Waals surface area (Å²) in [5.74, 6) is 8.51. The van der Waals surface area contributed by atoms with Gasteiger partial charge in [0.2, 0.25) is 0 Å². The Hall–Kier alpha value is -8.11. The lowest BCUT2D eigenvalue weighted by Crippen LogP contribution is -2.07. The first-order chi connectivity index (χ1) is 31.8. The van der Waals surface area contributed by atoms with Crippen LogP contribution in [0.1, 0.15) is 24.1 Å². The van der Waals surface area contributed by atoms with Crippen LogP contribution in [0, 0.1) is 11.8 Å². The van der Waals surface area contributed by atoms with E-state index in [0.29, 0.717) is 23.9 Å². The largest absolute Gasteiger partial charge is 0.310 e. The molecule has 0 atom stereocenters. The highest BCUT2D eigenvalue weighted by Gasteiger charge is 2.27. The van der Waals surface area contributed by atoms with Crippen LogP contribution in [0.5, 0.6) is 0 Å². The molecule has 0 N–H and O–H groups in total. The monoisotopic (exact) mass is 835 g/mol. The van der Waals surface area contributed by atoms with Crippen molar-refractivity contribution in [3.8, 4) is 62.8 Å². The summed E-state index contributed by atoms with van der Waals surface area (Å²) in [6, 6.07) is 56.3. The van der Waals surface area contributed by atoms with E-state index in [4.69, 9.17) is 15.0 Å². The van der Waals surface area contributed by atoms with Crippen molar-refractivity contribution in [3.63, 3.8) is 0 Å². The fourth-order valence-corrected chi connectivity index (χ4v) is 11.1. The number of benzene rings is 7. The number of aromatic nitrogens is 5. The van der Waals surface area contributed by atoms with Crippen LogP contribution < -0.4 is 0 Å². The van der Waals surface area contributed by atoms with Crippen molar-refractivity contribution in [1.82, 2.24) is 24.1 Å². The van der Waals surface area contributed by atoms with Crippen LogP contribution in [0.25, 0.3) is 116 Å². The highest BCUT2D eigenvalue weighted by atomic mass is 32.1. The van der Waals surface area contributed by atoms with Crippen molar-refractivity contribution in [2.24, 2.45) is 0 Å². The van der Waals surface area contributed by atoms with E-state index in [0.717, 1.165) is 57.5 Å². The first-order valence-electron chi connectivity index (χ1n) is 21.8. The van der Waals surface area contributed by atoms with Crippen molar-refractivity contribution in [3.05, 3.63) is 193 Å². The standard InChI is InChI=1S/C58H37N5S/c1-2-7-20-40(19-6-1)62-49-29-11-8-22-42(49)45-25-16-31-51(54(45)62)63-50-30-12-9-21-41(50)44-24-14-27-47(53(44)63)57-59-56(39-35-33-38(34-36-39)37-17-4-3-5-18-37)60-58(61-57)48-28-15-26-46-43-23-10-13-32-52(43)64-55(46)48/h1,3-6,8-11,13-19,21-29,31-36H,12,20,30H2. The number of thiophene rings is 1. The van der Waals surface area contributed by atoms with E-state index in [1.807, 2.05) is 6.08 Å². The molecule has 0 saturated carbocycles. The highest BCUT2D eigenvalue weighted by Crippen LogP contribution is 2.44. The average molecular weight is 836 g/mol. The molecule has 0 unspecified atom stereocenters. The zero-order valence-corrected chi connectivity index (χ0v) is 35.5. The van der Waals surface area contributed by atoms with E-state index < -0.39 is 0 Å². The SMILES string of the molecule is C1#CCC(n2c3ccccc3c3cccc(-n4c5c(c6cccc(-c7nc(-c8ccc(-c9ccccc9)cc8)nc(-c8cccc9c8sc8ccccc89)n7)c64)C=CCC5)c32)=CC=C1. The number of fused-ring (bicyclic) bond motifs is 9. The third-order valence-corrected chi connectivity index (χ3v) is 14.0. The summed E-state index contributed by atoms with van der Waals surface area (Å²) < 4.78 is 7.37. The minimum atomic E-state index is 0.634. The lowest BCUT2D eigenvalue weighted by atomic mass is 10.0. The fourth-order valence-electron chi connectivity index (χ4n) is 9.92. The van der Waals surface area contributed by atoms with E-state index >= 15 is 0 Å². The van der Waals surface area contributed by atoms with Gasteiger partial charge < -0.3 is 9.13 Å². The van der Waals surface area contributed by atoms with Gasteiger partial charge in [-0.2, -0.15) is 0 Å². The molecule has 4 aromatic heterocycles. The number of rotatable bonds is 6. The van der Waals surface area contributed by atoms with Gasteiger partial charge in [-0.3, -0.25) is 0 Å². The number of para-hydroxylation sites is 3. The third kappa shape index (κ3) is 5.75. The van der Waals surface area contributed by atoms with E-state index in [9.17, 15) is 0 Å². The Bertz CT molecular complexity index is 3870. The number of hydrogen-bond acceptors (Lipinski definition) is 4. The maximum atomic E-state index is 5.49. The van der Waals surface area contributed by atoms with Crippen LogP contribution in [0.4, 0.5) is 0 Å². The summed E-state index contributed by atoms with van der Waals surface area (Å²) in [6.45, 7) is 0. The van der Waals surface area contributed by atoms with Crippen LogP contribution >= 0.6 is 11.3 Å². The Morgan fingerprint density at radius 1 is 0.531 bits per heavy atom.